The molecular weight excluding hydrogens is 550 g/mol. The Morgan fingerprint density at radius 1 is 0.511 bits per heavy atom. The molecule has 0 saturated carbocycles. The SMILES string of the molecule is CCCCC/C=C\CCCC(OC(=O)CCCCN(C)CCCC)C(CCCCCCCCCC)CCCCCCCCCC. The maximum Gasteiger partial charge on any atom is 0.306 e. The first kappa shape index (κ1) is 44.2. The molecule has 0 aromatic carbocycles. The number of nitrogens with zero attached hydrogens (tertiary/aromatic N) is 1. The molecule has 0 aliphatic heterocycles. The molecule has 0 rings (SSSR count). The Hall–Kier alpha value is -0.830. The fourth-order valence-corrected chi connectivity index (χ4v) is 6.59. The van der Waals surface area contributed by atoms with Gasteiger partial charge in [-0.3, -0.25) is 4.79 Å². The van der Waals surface area contributed by atoms with E-state index in [4.69, 9.17) is 4.74 Å². The predicted molar refractivity (Wildman–Crippen MR) is 201 cm³/mol. The topological polar surface area (TPSA) is 29.5 Å². The third-order valence-corrected chi connectivity index (χ3v) is 9.73. The van der Waals surface area contributed by atoms with Gasteiger partial charge in [0.2, 0.25) is 0 Å². The minimum Gasteiger partial charge on any atom is -0.462 e. The van der Waals surface area contributed by atoms with Crippen LogP contribution in [0.5, 0.6) is 0 Å². The number of allylic oxidation sites excluding steroid dienone is 2. The lowest BCUT2D eigenvalue weighted by molar-refractivity contribution is -0.153. The van der Waals surface area contributed by atoms with Crippen LogP contribution in [-0.4, -0.2) is 37.1 Å². The Balaban J connectivity index is 5.06. The first-order valence-corrected chi connectivity index (χ1v) is 20.6. The Bertz CT molecular complexity index is 598. The fraction of sp³-hybridized carbons (Fsp3) is 0.929. The van der Waals surface area contributed by atoms with Crippen molar-refractivity contribution in [1.82, 2.24) is 4.90 Å². The highest BCUT2D eigenvalue weighted by atomic mass is 16.5. The van der Waals surface area contributed by atoms with Crippen LogP contribution in [0, 0.1) is 5.92 Å². The minimum atomic E-state index is 0.0585. The van der Waals surface area contributed by atoms with Crippen LogP contribution in [0.3, 0.4) is 0 Å². The van der Waals surface area contributed by atoms with Crippen molar-refractivity contribution in [3.63, 3.8) is 0 Å². The zero-order chi connectivity index (χ0) is 33.1. The molecule has 0 spiro atoms. The second-order valence-corrected chi connectivity index (χ2v) is 14.3. The summed E-state index contributed by atoms with van der Waals surface area (Å²) >= 11 is 0. The molecule has 3 heteroatoms. The number of rotatable bonds is 36. The molecule has 0 aliphatic carbocycles. The molecular formula is C42H83NO2. The number of carbonyl (C=O) groups excluding carboxylic acids is 1. The molecule has 0 aromatic heterocycles. The van der Waals surface area contributed by atoms with Gasteiger partial charge >= 0.3 is 5.97 Å². The summed E-state index contributed by atoms with van der Waals surface area (Å²) in [6.07, 6.45) is 42.7. The minimum absolute atomic E-state index is 0.0585. The van der Waals surface area contributed by atoms with Gasteiger partial charge in [-0.05, 0) is 90.3 Å². The van der Waals surface area contributed by atoms with Crippen molar-refractivity contribution in [2.45, 2.75) is 226 Å². The zero-order valence-corrected chi connectivity index (χ0v) is 31.7. The van der Waals surface area contributed by atoms with Crippen molar-refractivity contribution in [3.05, 3.63) is 12.2 Å². The fourth-order valence-electron chi connectivity index (χ4n) is 6.59. The third-order valence-electron chi connectivity index (χ3n) is 9.73. The van der Waals surface area contributed by atoms with E-state index >= 15 is 0 Å². The molecule has 45 heavy (non-hydrogen) atoms. The Kier molecular flexibility index (Phi) is 35.3. The molecule has 0 heterocycles. The molecule has 1 unspecified atom stereocenters. The van der Waals surface area contributed by atoms with Crippen LogP contribution in [0.15, 0.2) is 12.2 Å². The summed E-state index contributed by atoms with van der Waals surface area (Å²) in [7, 11) is 2.21. The lowest BCUT2D eigenvalue weighted by Crippen LogP contribution is -2.28. The molecule has 0 aliphatic rings. The van der Waals surface area contributed by atoms with Crippen LogP contribution in [0.4, 0.5) is 0 Å². The van der Waals surface area contributed by atoms with Crippen LogP contribution in [0.2, 0.25) is 0 Å². The number of esters is 1. The van der Waals surface area contributed by atoms with E-state index in [1.54, 1.807) is 0 Å². The van der Waals surface area contributed by atoms with E-state index in [0.717, 1.165) is 45.2 Å². The second kappa shape index (κ2) is 36.0. The highest BCUT2D eigenvalue weighted by Gasteiger charge is 2.24. The monoisotopic (exact) mass is 634 g/mol. The average molecular weight is 634 g/mol. The molecule has 0 aromatic rings. The largest absolute Gasteiger partial charge is 0.462 e. The molecule has 3 nitrogen and oxygen atoms in total. The van der Waals surface area contributed by atoms with Gasteiger partial charge in [0.1, 0.15) is 6.10 Å². The van der Waals surface area contributed by atoms with Gasteiger partial charge in [0.15, 0.2) is 0 Å². The molecule has 0 bridgehead atoms. The highest BCUT2D eigenvalue weighted by Crippen LogP contribution is 2.28. The quantitative estimate of drug-likeness (QED) is 0.0390. The standard InChI is InChI=1S/C42H83NO2/c1-6-10-14-17-20-23-26-29-34-40(35-30-27-24-21-18-15-11-7-2)41(36-31-28-25-22-19-16-12-8-3)45-42(44)37-32-33-39-43(5)38-13-9-4/h22,25,40-41H,6-21,23-24,26-39H2,1-5H3/b25-22-. The molecule has 0 radical (unpaired) electrons. The Labute approximate surface area is 284 Å². The highest BCUT2D eigenvalue weighted by molar-refractivity contribution is 5.69. The number of hydrogen-bond donors (Lipinski definition) is 0. The summed E-state index contributed by atoms with van der Waals surface area (Å²) in [4.78, 5) is 15.6. The van der Waals surface area contributed by atoms with E-state index in [1.165, 1.54) is 154 Å². The number of hydrogen-bond acceptors (Lipinski definition) is 3. The number of carbonyl (C=O) groups is 1. The van der Waals surface area contributed by atoms with Gasteiger partial charge in [0, 0.05) is 6.42 Å². The van der Waals surface area contributed by atoms with Gasteiger partial charge in [0.05, 0.1) is 0 Å². The van der Waals surface area contributed by atoms with Crippen molar-refractivity contribution >= 4 is 5.97 Å². The average Bonchev–Trinajstić information content (AvgIpc) is 3.04. The maximum absolute atomic E-state index is 13.2. The Morgan fingerprint density at radius 2 is 0.956 bits per heavy atom. The second-order valence-electron chi connectivity index (χ2n) is 14.3. The molecule has 1 atom stereocenters. The lowest BCUT2D eigenvalue weighted by atomic mass is 9.87. The van der Waals surface area contributed by atoms with Gasteiger partial charge in [-0.25, -0.2) is 0 Å². The van der Waals surface area contributed by atoms with Crippen molar-refractivity contribution < 1.29 is 9.53 Å². The zero-order valence-electron chi connectivity index (χ0n) is 31.7. The van der Waals surface area contributed by atoms with Crippen LogP contribution >= 0.6 is 0 Å². The summed E-state index contributed by atoms with van der Waals surface area (Å²) in [5, 5.41) is 0. The van der Waals surface area contributed by atoms with E-state index in [-0.39, 0.29) is 12.1 Å². The summed E-state index contributed by atoms with van der Waals surface area (Å²) in [6.45, 7) is 11.4. The maximum atomic E-state index is 13.2. The van der Waals surface area contributed by atoms with E-state index in [1.807, 2.05) is 0 Å². The van der Waals surface area contributed by atoms with E-state index in [9.17, 15) is 4.79 Å². The van der Waals surface area contributed by atoms with E-state index in [2.05, 4.69) is 51.8 Å². The smallest absolute Gasteiger partial charge is 0.306 e. The van der Waals surface area contributed by atoms with Gasteiger partial charge in [0.25, 0.3) is 0 Å². The van der Waals surface area contributed by atoms with Crippen LogP contribution < -0.4 is 0 Å². The number of unbranched alkanes of at least 4 members (excludes halogenated alkanes) is 20. The summed E-state index contributed by atoms with van der Waals surface area (Å²) in [5.74, 6) is 0.589. The van der Waals surface area contributed by atoms with Gasteiger partial charge < -0.3 is 9.64 Å². The van der Waals surface area contributed by atoms with Crippen molar-refractivity contribution in [2.24, 2.45) is 5.92 Å². The van der Waals surface area contributed by atoms with E-state index in [0.29, 0.717) is 12.3 Å². The van der Waals surface area contributed by atoms with Crippen LogP contribution in [0.25, 0.3) is 0 Å². The summed E-state index contributed by atoms with van der Waals surface area (Å²) in [5.41, 5.74) is 0. The summed E-state index contributed by atoms with van der Waals surface area (Å²) in [6, 6.07) is 0. The van der Waals surface area contributed by atoms with Crippen molar-refractivity contribution in [2.75, 3.05) is 20.1 Å². The molecule has 0 saturated heterocycles. The first-order chi connectivity index (χ1) is 22.1. The van der Waals surface area contributed by atoms with Crippen LogP contribution in [0.1, 0.15) is 220 Å². The third kappa shape index (κ3) is 31.5. The van der Waals surface area contributed by atoms with Gasteiger partial charge in [-0.15, -0.1) is 0 Å². The first-order valence-electron chi connectivity index (χ1n) is 20.6. The van der Waals surface area contributed by atoms with Gasteiger partial charge in [-0.1, -0.05) is 162 Å². The number of ether oxygens (including phenoxy) is 1. The van der Waals surface area contributed by atoms with E-state index < -0.39 is 0 Å². The van der Waals surface area contributed by atoms with Crippen molar-refractivity contribution in [1.29, 1.82) is 0 Å². The van der Waals surface area contributed by atoms with Crippen molar-refractivity contribution in [3.8, 4) is 0 Å². The molecule has 0 fully saturated rings. The molecule has 0 N–H and O–H groups in total. The van der Waals surface area contributed by atoms with Crippen LogP contribution in [-0.2, 0) is 9.53 Å². The molecule has 0 amide bonds. The Morgan fingerprint density at radius 3 is 1.49 bits per heavy atom. The normalized spacial score (nSPS) is 12.6. The molecule has 268 valence electrons. The lowest BCUT2D eigenvalue weighted by Gasteiger charge is -2.28. The van der Waals surface area contributed by atoms with Gasteiger partial charge in [-0.2, -0.15) is 0 Å². The summed E-state index contributed by atoms with van der Waals surface area (Å²) < 4.78 is 6.41. The predicted octanol–water partition coefficient (Wildman–Crippen LogP) is 13.8.